The first-order valence-corrected chi connectivity index (χ1v) is 18.0. The van der Waals surface area contributed by atoms with Gasteiger partial charge in [-0.1, -0.05) is 142 Å². The molecule has 2 rings (SSSR count). The molecular weight excluding hydrogens is 567 g/mol. The van der Waals surface area contributed by atoms with Crippen LogP contribution in [-0.4, -0.2) is 11.4 Å². The van der Waals surface area contributed by atoms with Crippen LogP contribution in [-0.2, 0) is 29.3 Å². The average Bonchev–Trinajstić information content (AvgIpc) is 3.02. The van der Waals surface area contributed by atoms with Crippen LogP contribution in [0.5, 0.6) is 0 Å². The molecular formula is C40H64N2Ni. The van der Waals surface area contributed by atoms with Crippen LogP contribution in [0.15, 0.2) is 58.5 Å². The van der Waals surface area contributed by atoms with Crippen molar-refractivity contribution in [3.63, 3.8) is 0 Å². The van der Waals surface area contributed by atoms with Crippen LogP contribution in [0.2, 0.25) is 0 Å². The Morgan fingerprint density at radius 1 is 0.395 bits per heavy atom. The Balaban J connectivity index is 0.00000924. The maximum absolute atomic E-state index is 5.20. The van der Waals surface area contributed by atoms with Crippen LogP contribution in [0.3, 0.4) is 0 Å². The molecule has 3 heteroatoms. The van der Waals surface area contributed by atoms with E-state index < -0.39 is 0 Å². The third-order valence-corrected chi connectivity index (χ3v) is 8.41. The van der Waals surface area contributed by atoms with Crippen molar-refractivity contribution >= 4 is 22.8 Å². The fourth-order valence-corrected chi connectivity index (χ4v) is 5.58. The molecule has 0 saturated heterocycles. The molecule has 0 unspecified atom stereocenters. The molecule has 0 aliphatic rings. The third-order valence-electron chi connectivity index (χ3n) is 8.41. The largest absolute Gasteiger partial charge is 0.252 e. The number of aryl methyl sites for hydroxylation is 2. The van der Waals surface area contributed by atoms with Crippen LogP contribution >= 0.6 is 0 Å². The van der Waals surface area contributed by atoms with Gasteiger partial charge in [-0.05, 0) is 86.8 Å². The fourth-order valence-electron chi connectivity index (χ4n) is 5.58. The first-order valence-electron chi connectivity index (χ1n) is 18.0. The summed E-state index contributed by atoms with van der Waals surface area (Å²) in [6, 6.07) is 18.1. The molecule has 0 fully saturated rings. The van der Waals surface area contributed by atoms with Crippen LogP contribution < -0.4 is 0 Å². The molecule has 0 radical (unpaired) electrons. The normalized spacial score (nSPS) is 12.0. The third kappa shape index (κ3) is 18.6. The fraction of sp³-hybridized carbons (Fsp3) is 0.650. The molecule has 2 aromatic carbocycles. The SMILES string of the molecule is CCCCCCCCCc1ccc(N=C(CCCC)C(CCCC)=Nc2ccc(CCCCCCCCC)cc2)cc1.[Ni]. The molecule has 0 atom stereocenters. The summed E-state index contributed by atoms with van der Waals surface area (Å²) in [6.45, 7) is 9.11. The van der Waals surface area contributed by atoms with Crippen molar-refractivity contribution in [1.82, 2.24) is 0 Å². The number of rotatable bonds is 25. The molecule has 0 bridgehead atoms. The zero-order valence-electron chi connectivity index (χ0n) is 28.4. The van der Waals surface area contributed by atoms with E-state index in [-0.39, 0.29) is 16.5 Å². The Bertz CT molecular complexity index is 893. The molecule has 0 N–H and O–H groups in total. The van der Waals surface area contributed by atoms with E-state index in [1.54, 1.807) is 0 Å². The first-order chi connectivity index (χ1) is 20.7. The van der Waals surface area contributed by atoms with Gasteiger partial charge in [0, 0.05) is 16.5 Å². The molecule has 0 aliphatic carbocycles. The van der Waals surface area contributed by atoms with Crippen molar-refractivity contribution in [3.8, 4) is 0 Å². The van der Waals surface area contributed by atoms with Crippen molar-refractivity contribution < 1.29 is 16.5 Å². The second kappa shape index (κ2) is 26.7. The van der Waals surface area contributed by atoms with Crippen molar-refractivity contribution in [2.75, 3.05) is 0 Å². The molecule has 0 aromatic heterocycles. The molecule has 0 aliphatic heterocycles. The second-order valence-electron chi connectivity index (χ2n) is 12.4. The van der Waals surface area contributed by atoms with E-state index in [9.17, 15) is 0 Å². The number of nitrogens with zero attached hydrogens (tertiary/aromatic N) is 2. The van der Waals surface area contributed by atoms with Crippen LogP contribution in [0.4, 0.5) is 11.4 Å². The van der Waals surface area contributed by atoms with Crippen molar-refractivity contribution in [2.45, 2.75) is 169 Å². The summed E-state index contributed by atoms with van der Waals surface area (Å²) in [5.74, 6) is 0. The minimum Gasteiger partial charge on any atom is -0.252 e. The predicted molar refractivity (Wildman–Crippen MR) is 190 cm³/mol. The van der Waals surface area contributed by atoms with Crippen molar-refractivity contribution in [3.05, 3.63) is 59.7 Å². The van der Waals surface area contributed by atoms with Gasteiger partial charge in [-0.25, -0.2) is 0 Å². The predicted octanol–water partition coefficient (Wildman–Crippen LogP) is 13.5. The zero-order chi connectivity index (χ0) is 30.1. The molecule has 0 spiro atoms. The Morgan fingerprint density at radius 3 is 1.02 bits per heavy atom. The van der Waals surface area contributed by atoms with Crippen LogP contribution in [0, 0.1) is 0 Å². The van der Waals surface area contributed by atoms with Gasteiger partial charge < -0.3 is 0 Å². The Hall–Kier alpha value is -1.73. The molecule has 2 nitrogen and oxygen atoms in total. The Labute approximate surface area is 277 Å². The number of unbranched alkanes of at least 4 members (excludes halogenated alkanes) is 14. The summed E-state index contributed by atoms with van der Waals surface area (Å²) < 4.78 is 0. The van der Waals surface area contributed by atoms with E-state index in [0.717, 1.165) is 37.1 Å². The summed E-state index contributed by atoms with van der Waals surface area (Å²) in [5, 5.41) is 0. The van der Waals surface area contributed by atoms with E-state index in [0.29, 0.717) is 0 Å². The minimum atomic E-state index is 0. The molecule has 2 aromatic rings. The molecule has 0 amide bonds. The van der Waals surface area contributed by atoms with E-state index in [2.05, 4.69) is 76.2 Å². The maximum atomic E-state index is 5.20. The van der Waals surface area contributed by atoms with Crippen molar-refractivity contribution in [2.24, 2.45) is 9.98 Å². The number of hydrogen-bond donors (Lipinski definition) is 0. The smallest absolute Gasteiger partial charge is 0.0633 e. The van der Waals surface area contributed by atoms with E-state index >= 15 is 0 Å². The minimum absolute atomic E-state index is 0. The van der Waals surface area contributed by atoms with Gasteiger partial charge in [-0.2, -0.15) is 0 Å². The topological polar surface area (TPSA) is 24.7 Å². The summed E-state index contributed by atoms with van der Waals surface area (Å²) in [6.07, 6.45) is 28.1. The van der Waals surface area contributed by atoms with Gasteiger partial charge in [-0.3, -0.25) is 9.98 Å². The molecule has 0 heterocycles. The Kier molecular flexibility index (Phi) is 24.4. The molecule has 244 valence electrons. The quantitative estimate of drug-likeness (QED) is 0.0592. The van der Waals surface area contributed by atoms with E-state index in [1.165, 1.54) is 138 Å². The number of aliphatic imine (C=N–C) groups is 2. The first kappa shape index (κ1) is 39.3. The van der Waals surface area contributed by atoms with Gasteiger partial charge in [0.2, 0.25) is 0 Å². The Morgan fingerprint density at radius 2 is 0.698 bits per heavy atom. The second-order valence-corrected chi connectivity index (χ2v) is 12.4. The standard InChI is InChI=1S/C40H64N2.Ni/c1-5-9-13-15-17-19-21-23-35-27-31-37(32-28-35)41-39(25-11-7-3)40(26-12-8-4)42-38-33-29-36(30-34-38)24-22-20-18-16-14-10-6-2;/h27-34H,5-26H2,1-4H3;. The van der Waals surface area contributed by atoms with Gasteiger partial charge in [-0.15, -0.1) is 0 Å². The van der Waals surface area contributed by atoms with Crippen LogP contribution in [0.1, 0.15) is 167 Å². The zero-order valence-corrected chi connectivity index (χ0v) is 29.4. The van der Waals surface area contributed by atoms with Gasteiger partial charge in [0.25, 0.3) is 0 Å². The number of hydrogen-bond acceptors (Lipinski definition) is 2. The number of benzene rings is 2. The molecule has 43 heavy (non-hydrogen) atoms. The van der Waals surface area contributed by atoms with E-state index in [4.69, 9.17) is 9.98 Å². The maximum Gasteiger partial charge on any atom is 0.0633 e. The van der Waals surface area contributed by atoms with Gasteiger partial charge in [0.1, 0.15) is 0 Å². The average molecular weight is 632 g/mol. The summed E-state index contributed by atoms with van der Waals surface area (Å²) in [4.78, 5) is 10.4. The molecule has 0 saturated carbocycles. The van der Waals surface area contributed by atoms with Gasteiger partial charge in [0.15, 0.2) is 0 Å². The summed E-state index contributed by atoms with van der Waals surface area (Å²) in [7, 11) is 0. The van der Waals surface area contributed by atoms with Crippen molar-refractivity contribution in [1.29, 1.82) is 0 Å². The summed E-state index contributed by atoms with van der Waals surface area (Å²) in [5.41, 5.74) is 7.37. The van der Waals surface area contributed by atoms with E-state index in [1.807, 2.05) is 0 Å². The summed E-state index contributed by atoms with van der Waals surface area (Å²) >= 11 is 0. The van der Waals surface area contributed by atoms with Gasteiger partial charge >= 0.3 is 0 Å². The monoisotopic (exact) mass is 630 g/mol. The van der Waals surface area contributed by atoms with Crippen LogP contribution in [0.25, 0.3) is 0 Å². The van der Waals surface area contributed by atoms with Gasteiger partial charge in [0.05, 0.1) is 22.8 Å².